The molecule has 0 unspecified atom stereocenters. The van der Waals surface area contributed by atoms with Gasteiger partial charge in [0.15, 0.2) is 0 Å². The molecule has 55 heavy (non-hydrogen) atoms. The fourth-order valence-electron chi connectivity index (χ4n) is 6.39. The van der Waals surface area contributed by atoms with E-state index in [0.29, 0.717) is 29.4 Å². The Morgan fingerprint density at radius 3 is 1.18 bits per heavy atom. The topological polar surface area (TPSA) is 92.2 Å². The largest absolute Gasteiger partial charge is 0.313 e. The van der Waals surface area contributed by atoms with Gasteiger partial charge in [-0.1, -0.05) is 158 Å². The summed E-state index contributed by atoms with van der Waals surface area (Å²) in [5.74, 6) is -0.290. The first kappa shape index (κ1) is 34.5. The molecular formula is C47H34N6O2. The molecule has 0 aliphatic heterocycles. The Morgan fingerprint density at radius 1 is 0.436 bits per heavy atom. The fourth-order valence-corrected chi connectivity index (χ4v) is 6.39. The van der Waals surface area contributed by atoms with Crippen molar-refractivity contribution in [2.75, 3.05) is 16.8 Å². The first-order valence-electron chi connectivity index (χ1n) is 17.8. The third-order valence-corrected chi connectivity index (χ3v) is 9.24. The molecule has 6 aromatic carbocycles. The zero-order valence-electron chi connectivity index (χ0n) is 29.9. The molecule has 2 amide bonds. The average molecular weight is 715 g/mol. The molecule has 0 spiro atoms. The first-order valence-corrected chi connectivity index (χ1v) is 17.8. The molecule has 8 rings (SSSR count). The van der Waals surface area contributed by atoms with Gasteiger partial charge in [-0.05, 0) is 35.4 Å². The van der Waals surface area contributed by atoms with Crippen molar-refractivity contribution < 1.29 is 9.59 Å². The van der Waals surface area contributed by atoms with Crippen molar-refractivity contribution in [2.24, 2.45) is 0 Å². The first-order chi connectivity index (χ1) is 27.1. The predicted molar refractivity (Wildman–Crippen MR) is 219 cm³/mol. The summed E-state index contributed by atoms with van der Waals surface area (Å²) >= 11 is 0. The van der Waals surface area contributed by atoms with E-state index in [1.165, 1.54) is 0 Å². The summed E-state index contributed by atoms with van der Waals surface area (Å²) in [4.78, 5) is 50.3. The van der Waals surface area contributed by atoms with Gasteiger partial charge < -0.3 is 4.90 Å². The summed E-state index contributed by atoms with van der Waals surface area (Å²) in [7, 11) is 1.82. The zero-order chi connectivity index (χ0) is 37.6. The van der Waals surface area contributed by atoms with Crippen LogP contribution in [0.25, 0.3) is 56.2 Å². The third-order valence-electron chi connectivity index (χ3n) is 9.24. The van der Waals surface area contributed by atoms with Crippen LogP contribution in [0.1, 0.15) is 10.4 Å². The van der Waals surface area contributed by atoms with Crippen molar-refractivity contribution in [1.82, 2.24) is 19.9 Å². The maximum Gasteiger partial charge on any atom is 0.269 e. The second kappa shape index (κ2) is 15.6. The second-order valence-electron chi connectivity index (χ2n) is 12.8. The van der Waals surface area contributed by atoms with E-state index in [1.807, 2.05) is 183 Å². The zero-order valence-corrected chi connectivity index (χ0v) is 29.9. The summed E-state index contributed by atoms with van der Waals surface area (Å²) in [6.07, 6.45) is 0.472. The molecule has 0 saturated carbocycles. The maximum atomic E-state index is 14.9. The number of aromatic nitrogens is 4. The minimum Gasteiger partial charge on any atom is -0.313 e. The quantitative estimate of drug-likeness (QED) is 0.130. The van der Waals surface area contributed by atoms with E-state index in [4.69, 9.17) is 19.9 Å². The van der Waals surface area contributed by atoms with Crippen molar-refractivity contribution in [3.05, 3.63) is 188 Å². The van der Waals surface area contributed by atoms with Gasteiger partial charge in [0.05, 0.1) is 34.0 Å². The molecule has 0 bridgehead atoms. The van der Waals surface area contributed by atoms with E-state index in [-0.39, 0.29) is 11.5 Å². The number of rotatable bonds is 10. The SMILES string of the molecule is CN(c1nc(-c2ccccc2)cc(-c2ccccc2)n1)c1ccc(-c2ccccc2)cc1C(=O)N(C=O)c1nc(-c2ccccc2)cc(-c2ccccc2)n1. The Bertz CT molecular complexity index is 2470. The highest BCUT2D eigenvalue weighted by Gasteiger charge is 2.27. The van der Waals surface area contributed by atoms with Crippen LogP contribution in [0.2, 0.25) is 0 Å². The Hall–Kier alpha value is -7.58. The van der Waals surface area contributed by atoms with Crippen molar-refractivity contribution >= 4 is 29.9 Å². The van der Waals surface area contributed by atoms with Crippen molar-refractivity contribution in [2.45, 2.75) is 0 Å². The smallest absolute Gasteiger partial charge is 0.269 e. The van der Waals surface area contributed by atoms with Gasteiger partial charge in [-0.3, -0.25) is 9.59 Å². The van der Waals surface area contributed by atoms with Crippen LogP contribution >= 0.6 is 0 Å². The molecule has 2 heterocycles. The molecule has 2 aromatic heterocycles. The summed E-state index contributed by atoms with van der Waals surface area (Å²) in [5.41, 5.74) is 8.48. The number of hydrogen-bond acceptors (Lipinski definition) is 7. The summed E-state index contributed by atoms with van der Waals surface area (Å²) in [6.45, 7) is 0. The van der Waals surface area contributed by atoms with E-state index >= 15 is 0 Å². The normalized spacial score (nSPS) is 10.8. The van der Waals surface area contributed by atoms with E-state index in [1.54, 1.807) is 11.0 Å². The number of benzene rings is 6. The van der Waals surface area contributed by atoms with E-state index < -0.39 is 5.91 Å². The molecule has 0 atom stereocenters. The number of hydrogen-bond donors (Lipinski definition) is 0. The van der Waals surface area contributed by atoms with Crippen LogP contribution in [0.15, 0.2) is 182 Å². The van der Waals surface area contributed by atoms with Crippen LogP contribution < -0.4 is 9.80 Å². The Labute approximate surface area is 319 Å². The van der Waals surface area contributed by atoms with Gasteiger partial charge in [0, 0.05) is 29.3 Å². The molecule has 0 saturated heterocycles. The summed E-state index contributed by atoms with van der Waals surface area (Å²) < 4.78 is 0. The lowest BCUT2D eigenvalue weighted by atomic mass is 10.0. The highest BCUT2D eigenvalue weighted by atomic mass is 16.2. The second-order valence-corrected chi connectivity index (χ2v) is 12.8. The monoisotopic (exact) mass is 714 g/mol. The standard InChI is InChI=1S/C47H34N6O2/c1-52(46-48-40(34-19-9-3-10-20-34)30-41(49-46)35-21-11-4-12-22-35)44-28-27-38(33-17-7-2-8-18-33)29-39(44)45(55)53(32-54)47-50-42(36-23-13-5-14-24-36)31-43(51-47)37-25-15-6-16-26-37/h2-32H,1H3. The number of nitrogens with zero attached hydrogens (tertiary/aromatic N) is 6. The van der Waals surface area contributed by atoms with Gasteiger partial charge >= 0.3 is 0 Å². The highest BCUT2D eigenvalue weighted by Crippen LogP contribution is 2.35. The van der Waals surface area contributed by atoms with Gasteiger partial charge in [0.2, 0.25) is 18.3 Å². The van der Waals surface area contributed by atoms with Crippen LogP contribution in [0.3, 0.4) is 0 Å². The number of carbonyl (C=O) groups excluding carboxylic acids is 2. The van der Waals surface area contributed by atoms with E-state index in [0.717, 1.165) is 49.7 Å². The molecular weight excluding hydrogens is 681 g/mol. The van der Waals surface area contributed by atoms with Crippen molar-refractivity contribution in [3.63, 3.8) is 0 Å². The lowest BCUT2D eigenvalue weighted by molar-refractivity contribution is -0.107. The molecule has 0 aliphatic rings. The fraction of sp³-hybridized carbons (Fsp3) is 0.0213. The van der Waals surface area contributed by atoms with Gasteiger partial charge in [-0.25, -0.2) is 24.8 Å². The molecule has 264 valence electrons. The van der Waals surface area contributed by atoms with Crippen molar-refractivity contribution in [1.29, 1.82) is 0 Å². The summed E-state index contributed by atoms with van der Waals surface area (Å²) in [5, 5.41) is 0. The Kier molecular flexibility index (Phi) is 9.77. The molecule has 0 fully saturated rings. The van der Waals surface area contributed by atoms with Gasteiger partial charge in [-0.15, -0.1) is 0 Å². The highest BCUT2D eigenvalue weighted by molar-refractivity contribution is 6.17. The number of anilines is 3. The lowest BCUT2D eigenvalue weighted by Gasteiger charge is -2.24. The molecule has 8 aromatic rings. The minimum atomic E-state index is -0.610. The number of imide groups is 1. The van der Waals surface area contributed by atoms with Crippen LogP contribution in [0.4, 0.5) is 17.6 Å². The molecule has 0 N–H and O–H groups in total. The van der Waals surface area contributed by atoms with E-state index in [9.17, 15) is 9.59 Å². The average Bonchev–Trinajstić information content (AvgIpc) is 3.27. The number of amides is 2. The van der Waals surface area contributed by atoms with Crippen LogP contribution in [-0.2, 0) is 4.79 Å². The van der Waals surface area contributed by atoms with Crippen LogP contribution in [-0.4, -0.2) is 39.3 Å². The number of carbonyl (C=O) groups is 2. The molecule has 0 aliphatic carbocycles. The minimum absolute atomic E-state index is 0.0485. The maximum absolute atomic E-state index is 14.9. The van der Waals surface area contributed by atoms with Gasteiger partial charge in [-0.2, -0.15) is 0 Å². The molecule has 0 radical (unpaired) electrons. The lowest BCUT2D eigenvalue weighted by Crippen LogP contribution is -2.32. The Balaban J connectivity index is 1.28. The third kappa shape index (κ3) is 7.38. The summed E-state index contributed by atoms with van der Waals surface area (Å²) in [6, 6.07) is 58.2. The van der Waals surface area contributed by atoms with Gasteiger partial charge in [0.25, 0.3) is 5.91 Å². The molecule has 8 heteroatoms. The van der Waals surface area contributed by atoms with E-state index in [2.05, 4.69) is 0 Å². The Morgan fingerprint density at radius 2 is 0.800 bits per heavy atom. The van der Waals surface area contributed by atoms with Crippen LogP contribution in [0.5, 0.6) is 0 Å². The predicted octanol–water partition coefficient (Wildman–Crippen LogP) is 10.2. The van der Waals surface area contributed by atoms with Gasteiger partial charge in [0.1, 0.15) is 0 Å². The van der Waals surface area contributed by atoms with Crippen molar-refractivity contribution in [3.8, 4) is 56.2 Å². The van der Waals surface area contributed by atoms with Crippen LogP contribution in [0, 0.1) is 0 Å². The molecule has 8 nitrogen and oxygen atoms in total.